The largest absolute Gasteiger partial charge is 0.483 e. The smallest absolute Gasteiger partial charge is 0.257 e. The summed E-state index contributed by atoms with van der Waals surface area (Å²) in [6.45, 7) is 7.10. The lowest BCUT2D eigenvalue weighted by molar-refractivity contribution is -0.123. The van der Waals surface area contributed by atoms with Gasteiger partial charge in [0.05, 0.1) is 0 Å². The summed E-state index contributed by atoms with van der Waals surface area (Å²) in [4.78, 5) is 11.5. The van der Waals surface area contributed by atoms with Crippen LogP contribution in [0.3, 0.4) is 0 Å². The highest BCUT2D eigenvalue weighted by Gasteiger charge is 2.09. The third kappa shape index (κ3) is 4.04. The number of hydrogen-bond donors (Lipinski definition) is 2. The van der Waals surface area contributed by atoms with Crippen molar-refractivity contribution >= 4 is 5.91 Å². The lowest BCUT2D eigenvalue weighted by Crippen LogP contribution is -2.33. The Labute approximate surface area is 109 Å². The predicted octanol–water partition coefficient (Wildman–Crippen LogP) is 1.32. The third-order valence-corrected chi connectivity index (χ3v) is 2.69. The quantitative estimate of drug-likeness (QED) is 0.800. The molecule has 0 aliphatic heterocycles. The fraction of sp³-hybridized carbons (Fsp3) is 0.500. The number of carbonyl (C=O) groups excluding carboxylic acids is 1. The van der Waals surface area contributed by atoms with Crippen molar-refractivity contribution in [1.82, 2.24) is 5.32 Å². The van der Waals surface area contributed by atoms with E-state index < -0.39 is 0 Å². The molecule has 0 heterocycles. The van der Waals surface area contributed by atoms with Gasteiger partial charge in [0.15, 0.2) is 6.61 Å². The summed E-state index contributed by atoms with van der Waals surface area (Å²) in [5.74, 6) is 0.688. The van der Waals surface area contributed by atoms with Crippen molar-refractivity contribution in [1.29, 1.82) is 0 Å². The van der Waals surface area contributed by atoms with Crippen LogP contribution < -0.4 is 15.8 Å². The molecule has 0 atom stereocenters. The molecule has 0 spiro atoms. The molecular weight excluding hydrogens is 228 g/mol. The Morgan fingerprint density at radius 3 is 2.72 bits per heavy atom. The number of benzene rings is 1. The van der Waals surface area contributed by atoms with E-state index in [0.717, 1.165) is 23.3 Å². The van der Waals surface area contributed by atoms with Gasteiger partial charge in [-0.1, -0.05) is 24.6 Å². The molecule has 0 aromatic heterocycles. The van der Waals surface area contributed by atoms with Gasteiger partial charge in [-0.2, -0.15) is 0 Å². The van der Waals surface area contributed by atoms with Gasteiger partial charge in [0, 0.05) is 13.1 Å². The minimum atomic E-state index is -0.137. The lowest BCUT2D eigenvalue weighted by atomic mass is 10.0. The standard InChI is InChI=1S/C14H22N2O2/c1-4-12-8-10(2)7-11(3)14(12)18-9-13(17)16-6-5-15/h7-8H,4-6,9,15H2,1-3H3,(H,16,17). The van der Waals surface area contributed by atoms with E-state index in [0.29, 0.717) is 13.1 Å². The van der Waals surface area contributed by atoms with E-state index >= 15 is 0 Å². The van der Waals surface area contributed by atoms with E-state index in [1.54, 1.807) is 0 Å². The molecule has 0 fully saturated rings. The Kier molecular flexibility index (Phi) is 5.65. The molecule has 1 aromatic rings. The van der Waals surface area contributed by atoms with E-state index in [-0.39, 0.29) is 12.5 Å². The second-order valence-electron chi connectivity index (χ2n) is 4.35. The number of amides is 1. The van der Waals surface area contributed by atoms with Gasteiger partial charge in [-0.15, -0.1) is 0 Å². The van der Waals surface area contributed by atoms with Gasteiger partial charge in [-0.05, 0) is 31.4 Å². The zero-order valence-electron chi connectivity index (χ0n) is 11.4. The highest BCUT2D eigenvalue weighted by molar-refractivity contribution is 5.77. The Morgan fingerprint density at radius 1 is 1.39 bits per heavy atom. The molecule has 18 heavy (non-hydrogen) atoms. The van der Waals surface area contributed by atoms with Crippen molar-refractivity contribution < 1.29 is 9.53 Å². The Hall–Kier alpha value is -1.55. The van der Waals surface area contributed by atoms with Crippen LogP contribution in [-0.4, -0.2) is 25.6 Å². The maximum atomic E-state index is 11.5. The fourth-order valence-electron chi connectivity index (χ4n) is 1.91. The molecule has 4 nitrogen and oxygen atoms in total. The first-order valence-electron chi connectivity index (χ1n) is 6.28. The van der Waals surface area contributed by atoms with Gasteiger partial charge in [-0.3, -0.25) is 4.79 Å². The van der Waals surface area contributed by atoms with Crippen LogP contribution in [0.15, 0.2) is 12.1 Å². The molecule has 0 radical (unpaired) electrons. The molecule has 4 heteroatoms. The van der Waals surface area contributed by atoms with Gasteiger partial charge in [0.1, 0.15) is 5.75 Å². The zero-order chi connectivity index (χ0) is 13.5. The highest BCUT2D eigenvalue weighted by Crippen LogP contribution is 2.25. The SMILES string of the molecule is CCc1cc(C)cc(C)c1OCC(=O)NCCN. The van der Waals surface area contributed by atoms with E-state index in [4.69, 9.17) is 10.5 Å². The number of rotatable bonds is 6. The summed E-state index contributed by atoms with van der Waals surface area (Å²) >= 11 is 0. The van der Waals surface area contributed by atoms with E-state index in [9.17, 15) is 4.79 Å². The first-order valence-corrected chi connectivity index (χ1v) is 6.28. The summed E-state index contributed by atoms with van der Waals surface area (Å²) in [6, 6.07) is 4.16. The molecule has 0 saturated heterocycles. The molecule has 0 aliphatic rings. The van der Waals surface area contributed by atoms with Gasteiger partial charge in [0.25, 0.3) is 5.91 Å². The molecule has 1 aromatic carbocycles. The Balaban J connectivity index is 2.69. The molecule has 0 saturated carbocycles. The van der Waals surface area contributed by atoms with Gasteiger partial charge in [-0.25, -0.2) is 0 Å². The Bertz CT molecular complexity index is 417. The fourth-order valence-corrected chi connectivity index (χ4v) is 1.91. The van der Waals surface area contributed by atoms with Crippen molar-refractivity contribution in [3.05, 3.63) is 28.8 Å². The maximum Gasteiger partial charge on any atom is 0.257 e. The minimum Gasteiger partial charge on any atom is -0.483 e. The lowest BCUT2D eigenvalue weighted by Gasteiger charge is -2.14. The van der Waals surface area contributed by atoms with Crippen LogP contribution in [-0.2, 0) is 11.2 Å². The van der Waals surface area contributed by atoms with Crippen LogP contribution in [0.5, 0.6) is 5.75 Å². The van der Waals surface area contributed by atoms with Crippen LogP contribution in [0, 0.1) is 13.8 Å². The van der Waals surface area contributed by atoms with Crippen molar-refractivity contribution in [3.63, 3.8) is 0 Å². The number of nitrogens with one attached hydrogen (secondary N) is 1. The predicted molar refractivity (Wildman–Crippen MR) is 72.9 cm³/mol. The van der Waals surface area contributed by atoms with Crippen LogP contribution in [0.2, 0.25) is 0 Å². The number of aryl methyl sites for hydroxylation is 3. The van der Waals surface area contributed by atoms with Crippen molar-refractivity contribution in [2.45, 2.75) is 27.2 Å². The molecule has 100 valence electrons. The molecule has 0 aliphatic carbocycles. The molecular formula is C14H22N2O2. The normalized spacial score (nSPS) is 10.2. The monoisotopic (exact) mass is 250 g/mol. The van der Waals surface area contributed by atoms with Crippen LogP contribution in [0.25, 0.3) is 0 Å². The van der Waals surface area contributed by atoms with Gasteiger partial charge in [0.2, 0.25) is 0 Å². The summed E-state index contributed by atoms with van der Waals surface area (Å²) in [5, 5.41) is 2.68. The first-order chi connectivity index (χ1) is 8.58. The second-order valence-corrected chi connectivity index (χ2v) is 4.35. The summed E-state index contributed by atoms with van der Waals surface area (Å²) in [5.41, 5.74) is 8.73. The van der Waals surface area contributed by atoms with E-state index in [2.05, 4.69) is 31.3 Å². The van der Waals surface area contributed by atoms with Crippen molar-refractivity contribution in [3.8, 4) is 5.75 Å². The Morgan fingerprint density at radius 2 is 2.11 bits per heavy atom. The number of nitrogens with two attached hydrogens (primary N) is 1. The second kappa shape index (κ2) is 7.01. The van der Waals surface area contributed by atoms with Crippen LogP contribution >= 0.6 is 0 Å². The summed E-state index contributed by atoms with van der Waals surface area (Å²) in [6.07, 6.45) is 0.891. The highest BCUT2D eigenvalue weighted by atomic mass is 16.5. The average molecular weight is 250 g/mol. The topological polar surface area (TPSA) is 64.3 Å². The molecule has 1 amide bonds. The molecule has 0 unspecified atom stereocenters. The molecule has 0 bridgehead atoms. The zero-order valence-corrected chi connectivity index (χ0v) is 11.4. The van der Waals surface area contributed by atoms with E-state index in [1.165, 1.54) is 5.56 Å². The molecule has 3 N–H and O–H groups in total. The van der Waals surface area contributed by atoms with Crippen molar-refractivity contribution in [2.75, 3.05) is 19.7 Å². The number of carbonyl (C=O) groups is 1. The summed E-state index contributed by atoms with van der Waals surface area (Å²) in [7, 11) is 0. The van der Waals surface area contributed by atoms with E-state index in [1.807, 2.05) is 6.92 Å². The first kappa shape index (κ1) is 14.5. The van der Waals surface area contributed by atoms with Crippen LogP contribution in [0.1, 0.15) is 23.6 Å². The third-order valence-electron chi connectivity index (χ3n) is 2.69. The van der Waals surface area contributed by atoms with Gasteiger partial charge >= 0.3 is 0 Å². The maximum absolute atomic E-state index is 11.5. The molecule has 1 rings (SSSR count). The minimum absolute atomic E-state index is 0.0386. The summed E-state index contributed by atoms with van der Waals surface area (Å²) < 4.78 is 5.62. The number of hydrogen-bond acceptors (Lipinski definition) is 3. The van der Waals surface area contributed by atoms with Crippen molar-refractivity contribution in [2.24, 2.45) is 5.73 Å². The average Bonchev–Trinajstić information content (AvgIpc) is 2.34. The van der Waals surface area contributed by atoms with Gasteiger partial charge < -0.3 is 15.8 Å². The number of ether oxygens (including phenoxy) is 1. The van der Waals surface area contributed by atoms with Crippen LogP contribution in [0.4, 0.5) is 0 Å².